The van der Waals surface area contributed by atoms with Crippen molar-refractivity contribution in [2.45, 2.75) is 19.9 Å². The highest BCUT2D eigenvalue weighted by Gasteiger charge is 2.35. The fraction of sp³-hybridized carbons (Fsp3) is 0.179. The molecule has 0 saturated carbocycles. The highest BCUT2D eigenvalue weighted by Crippen LogP contribution is 2.31. The van der Waals surface area contributed by atoms with E-state index in [1.807, 2.05) is 61.5 Å². The van der Waals surface area contributed by atoms with E-state index in [0.717, 1.165) is 16.5 Å². The van der Waals surface area contributed by atoms with Crippen molar-refractivity contribution in [2.24, 2.45) is 0 Å². The molecule has 1 aromatic heterocycles. The predicted molar refractivity (Wildman–Crippen MR) is 134 cm³/mol. The zero-order valence-corrected chi connectivity index (χ0v) is 19.4. The summed E-state index contributed by atoms with van der Waals surface area (Å²) < 4.78 is 5.69. The number of hydrogen-bond donors (Lipinski definition) is 0. The van der Waals surface area contributed by atoms with Crippen LogP contribution in [0, 0.1) is 0 Å². The van der Waals surface area contributed by atoms with Crippen LogP contribution in [0.25, 0.3) is 16.5 Å². The van der Waals surface area contributed by atoms with Gasteiger partial charge in [-0.25, -0.2) is 0 Å². The van der Waals surface area contributed by atoms with Crippen molar-refractivity contribution < 1.29 is 14.3 Å². The van der Waals surface area contributed by atoms with Crippen molar-refractivity contribution in [2.75, 3.05) is 13.2 Å². The van der Waals surface area contributed by atoms with E-state index in [1.54, 1.807) is 28.1 Å². The Bertz CT molecular complexity index is 1300. The molecule has 0 N–H and O–H groups in total. The normalized spacial score (nSPS) is 17.2. The molecule has 6 heteroatoms. The van der Waals surface area contributed by atoms with Crippen LogP contribution in [-0.4, -0.2) is 45.8 Å². The van der Waals surface area contributed by atoms with Gasteiger partial charge in [0.2, 0.25) is 5.91 Å². The number of allylic oxidation sites excluding steroid dienone is 2. The molecule has 0 radical (unpaired) electrons. The molecule has 0 spiro atoms. The molecule has 3 aromatic rings. The van der Waals surface area contributed by atoms with Crippen LogP contribution in [0.15, 0.2) is 97.5 Å². The Kier molecular flexibility index (Phi) is 6.59. The molecule has 6 nitrogen and oxygen atoms in total. The van der Waals surface area contributed by atoms with Gasteiger partial charge in [0.15, 0.2) is 6.61 Å². The average molecular weight is 454 g/mol. The smallest absolute Gasteiger partial charge is 0.265 e. The zero-order chi connectivity index (χ0) is 24.2. The Morgan fingerprint density at radius 3 is 2.65 bits per heavy atom. The van der Waals surface area contributed by atoms with Crippen molar-refractivity contribution in [3.05, 3.63) is 103 Å². The van der Waals surface area contributed by atoms with Gasteiger partial charge in [-0.3, -0.25) is 14.6 Å². The third kappa shape index (κ3) is 4.76. The van der Waals surface area contributed by atoms with E-state index in [2.05, 4.69) is 18.1 Å². The van der Waals surface area contributed by atoms with Gasteiger partial charge >= 0.3 is 0 Å². The third-order valence-corrected chi connectivity index (χ3v) is 5.80. The lowest BCUT2D eigenvalue weighted by molar-refractivity contribution is -0.137. The van der Waals surface area contributed by atoms with E-state index in [4.69, 9.17) is 4.74 Å². The minimum atomic E-state index is -0.221. The standard InChI is InChI=1S/C28H27N3O3/c1-19(23-12-13-26-24(16-23)9-8-14-29-26)15-27-21(3)31(22(4)32)20(2)17-30(27)28(33)18-34-25-10-6-5-7-11-25/h5-16,20H,1,3,17-18H2,2,4H3/b27-15+. The molecule has 0 bridgehead atoms. The molecule has 1 aliphatic rings. The number of para-hydroxylation sites is 1. The Morgan fingerprint density at radius 1 is 1.15 bits per heavy atom. The molecule has 1 aliphatic heterocycles. The molecule has 172 valence electrons. The van der Waals surface area contributed by atoms with Gasteiger partial charge < -0.3 is 14.5 Å². The summed E-state index contributed by atoms with van der Waals surface area (Å²) in [5, 5.41) is 0.991. The summed E-state index contributed by atoms with van der Waals surface area (Å²) in [5.74, 6) is 0.269. The predicted octanol–water partition coefficient (Wildman–Crippen LogP) is 4.80. The minimum Gasteiger partial charge on any atom is -0.484 e. The summed E-state index contributed by atoms with van der Waals surface area (Å²) in [5.41, 5.74) is 3.47. The highest BCUT2D eigenvalue weighted by atomic mass is 16.5. The molecular weight excluding hydrogens is 426 g/mol. The molecule has 34 heavy (non-hydrogen) atoms. The molecule has 1 saturated heterocycles. The molecule has 2 aromatic carbocycles. The second kappa shape index (κ2) is 9.75. The number of nitrogens with zero attached hydrogens (tertiary/aromatic N) is 3. The summed E-state index contributed by atoms with van der Waals surface area (Å²) >= 11 is 0. The number of rotatable bonds is 5. The highest BCUT2D eigenvalue weighted by molar-refractivity contribution is 5.87. The molecule has 1 unspecified atom stereocenters. The first-order valence-electron chi connectivity index (χ1n) is 11.1. The van der Waals surface area contributed by atoms with Crippen molar-refractivity contribution in [3.63, 3.8) is 0 Å². The maximum atomic E-state index is 13.2. The van der Waals surface area contributed by atoms with Crippen molar-refractivity contribution >= 4 is 28.3 Å². The number of aromatic nitrogens is 1. The molecule has 0 aliphatic carbocycles. The van der Waals surface area contributed by atoms with Crippen LogP contribution in [0.4, 0.5) is 0 Å². The maximum absolute atomic E-state index is 13.2. The second-order valence-corrected chi connectivity index (χ2v) is 8.26. The van der Waals surface area contributed by atoms with Gasteiger partial charge in [0.25, 0.3) is 5.91 Å². The summed E-state index contributed by atoms with van der Waals surface area (Å²) in [7, 11) is 0. The summed E-state index contributed by atoms with van der Waals surface area (Å²) in [6, 6.07) is 18.7. The first-order valence-corrected chi connectivity index (χ1v) is 11.1. The Balaban J connectivity index is 1.65. The number of fused-ring (bicyclic) bond motifs is 1. The Morgan fingerprint density at radius 2 is 1.91 bits per heavy atom. The van der Waals surface area contributed by atoms with Gasteiger partial charge in [-0.1, -0.05) is 43.5 Å². The summed E-state index contributed by atoms with van der Waals surface area (Å²) in [4.78, 5) is 33.2. The lowest BCUT2D eigenvalue weighted by Gasteiger charge is -2.42. The second-order valence-electron chi connectivity index (χ2n) is 8.26. The number of piperazine rings is 1. The number of ether oxygens (including phenoxy) is 1. The van der Waals surface area contributed by atoms with E-state index in [-0.39, 0.29) is 24.5 Å². The van der Waals surface area contributed by atoms with Crippen LogP contribution in [0.5, 0.6) is 5.75 Å². The number of benzene rings is 2. The molecule has 2 amide bonds. The van der Waals surface area contributed by atoms with Crippen LogP contribution >= 0.6 is 0 Å². The molecule has 1 atom stereocenters. The fourth-order valence-electron chi connectivity index (χ4n) is 4.15. The van der Waals surface area contributed by atoms with E-state index in [1.165, 1.54) is 6.92 Å². The van der Waals surface area contributed by atoms with E-state index >= 15 is 0 Å². The monoisotopic (exact) mass is 453 g/mol. The zero-order valence-electron chi connectivity index (χ0n) is 19.4. The topological polar surface area (TPSA) is 62.7 Å². The molecule has 1 fully saturated rings. The number of hydrogen-bond acceptors (Lipinski definition) is 4. The molecule has 2 heterocycles. The van der Waals surface area contributed by atoms with Crippen LogP contribution in [0.2, 0.25) is 0 Å². The maximum Gasteiger partial charge on any atom is 0.265 e. The van der Waals surface area contributed by atoms with Crippen molar-refractivity contribution in [1.29, 1.82) is 0 Å². The number of pyridine rings is 1. The number of carbonyl (C=O) groups is 2. The van der Waals surface area contributed by atoms with Crippen LogP contribution in [-0.2, 0) is 9.59 Å². The number of carbonyl (C=O) groups excluding carboxylic acids is 2. The van der Waals surface area contributed by atoms with Crippen molar-refractivity contribution in [3.8, 4) is 5.75 Å². The average Bonchev–Trinajstić information content (AvgIpc) is 2.84. The quantitative estimate of drug-likeness (QED) is 0.557. The van der Waals surface area contributed by atoms with E-state index in [0.29, 0.717) is 29.3 Å². The lowest BCUT2D eigenvalue weighted by Crippen LogP contribution is -2.53. The van der Waals surface area contributed by atoms with Gasteiger partial charge in [-0.2, -0.15) is 0 Å². The summed E-state index contributed by atoms with van der Waals surface area (Å²) in [6.45, 7) is 12.0. The van der Waals surface area contributed by atoms with Gasteiger partial charge in [-0.15, -0.1) is 0 Å². The first-order chi connectivity index (χ1) is 16.3. The fourth-order valence-corrected chi connectivity index (χ4v) is 4.15. The largest absolute Gasteiger partial charge is 0.484 e. The first kappa shape index (κ1) is 23.0. The SMILES string of the molecule is C=C(/C=C1\C(=C)N(C(C)=O)C(C)CN1C(=O)COc1ccccc1)c1ccc2ncccc2c1. The van der Waals surface area contributed by atoms with Gasteiger partial charge in [0, 0.05) is 25.1 Å². The van der Waals surface area contributed by atoms with Gasteiger partial charge in [0.05, 0.1) is 23.0 Å². The molecule has 4 rings (SSSR count). The van der Waals surface area contributed by atoms with Crippen LogP contribution in [0.3, 0.4) is 0 Å². The van der Waals surface area contributed by atoms with Crippen LogP contribution in [0.1, 0.15) is 19.4 Å². The van der Waals surface area contributed by atoms with E-state index < -0.39 is 0 Å². The lowest BCUT2D eigenvalue weighted by atomic mass is 10.0. The van der Waals surface area contributed by atoms with E-state index in [9.17, 15) is 9.59 Å². The Labute approximate surface area is 199 Å². The van der Waals surface area contributed by atoms with Crippen LogP contribution < -0.4 is 4.74 Å². The molecular formula is C28H27N3O3. The van der Waals surface area contributed by atoms with Gasteiger partial charge in [-0.05, 0) is 54.5 Å². The van der Waals surface area contributed by atoms with Crippen molar-refractivity contribution in [1.82, 2.24) is 14.8 Å². The minimum absolute atomic E-state index is 0.126. The van der Waals surface area contributed by atoms with Gasteiger partial charge in [0.1, 0.15) is 5.75 Å². The number of amides is 2. The Hall–Kier alpha value is -4.19. The summed E-state index contributed by atoms with van der Waals surface area (Å²) in [6.07, 6.45) is 3.56. The third-order valence-electron chi connectivity index (χ3n) is 5.80.